The second-order valence-corrected chi connectivity index (χ2v) is 5.57. The number of carbonyl (C=O) groups excluding carboxylic acids is 3. The summed E-state index contributed by atoms with van der Waals surface area (Å²) in [6.45, 7) is 3.29. The highest BCUT2D eigenvalue weighted by Gasteiger charge is 2.21. The van der Waals surface area contributed by atoms with Crippen LogP contribution >= 0.6 is 0 Å². The van der Waals surface area contributed by atoms with Crippen LogP contribution in [0.2, 0.25) is 0 Å². The van der Waals surface area contributed by atoms with Gasteiger partial charge >= 0.3 is 5.97 Å². The van der Waals surface area contributed by atoms with Gasteiger partial charge in [0.25, 0.3) is 5.91 Å². The zero-order valence-electron chi connectivity index (χ0n) is 13.4. The predicted molar refractivity (Wildman–Crippen MR) is 84.1 cm³/mol. The number of nitrogens with one attached hydrogen (secondary N) is 2. The normalized spacial score (nSPS) is 11.6. The third-order valence-electron chi connectivity index (χ3n) is 3.03. The Morgan fingerprint density at radius 2 is 1.92 bits per heavy atom. The van der Waals surface area contributed by atoms with Crippen LogP contribution in [-0.4, -0.2) is 46.4 Å². The Morgan fingerprint density at radius 3 is 2.38 bits per heavy atom. The third-order valence-corrected chi connectivity index (χ3v) is 3.03. The number of nitrogens with two attached hydrogens (primary N) is 1. The van der Waals surface area contributed by atoms with Gasteiger partial charge < -0.3 is 21.5 Å². The van der Waals surface area contributed by atoms with Gasteiger partial charge in [0.05, 0.1) is 12.1 Å². The van der Waals surface area contributed by atoms with Crippen molar-refractivity contribution in [3.8, 4) is 0 Å². The second kappa shape index (κ2) is 8.61. The number of carboxylic acids is 1. The summed E-state index contributed by atoms with van der Waals surface area (Å²) in [5.74, 6) is -2.96. The molecule has 1 aromatic rings. The van der Waals surface area contributed by atoms with Crippen LogP contribution < -0.4 is 16.4 Å². The molecule has 0 saturated heterocycles. The third kappa shape index (κ3) is 6.03. The molecule has 0 aliphatic carbocycles. The van der Waals surface area contributed by atoms with E-state index in [2.05, 4.69) is 15.6 Å². The Morgan fingerprint density at radius 1 is 1.25 bits per heavy atom. The number of hydrogen-bond acceptors (Lipinski definition) is 5. The van der Waals surface area contributed by atoms with E-state index in [0.29, 0.717) is 0 Å². The Kier molecular flexibility index (Phi) is 6.84. The molecular formula is C15H20N4O5. The van der Waals surface area contributed by atoms with Crippen LogP contribution in [0.5, 0.6) is 0 Å². The van der Waals surface area contributed by atoms with Crippen molar-refractivity contribution in [3.63, 3.8) is 0 Å². The molecular weight excluding hydrogens is 316 g/mol. The van der Waals surface area contributed by atoms with Gasteiger partial charge in [-0.3, -0.25) is 19.4 Å². The van der Waals surface area contributed by atoms with Crippen LogP contribution in [0.15, 0.2) is 18.3 Å². The zero-order chi connectivity index (χ0) is 18.3. The van der Waals surface area contributed by atoms with Crippen molar-refractivity contribution in [1.29, 1.82) is 0 Å². The highest BCUT2D eigenvalue weighted by atomic mass is 16.4. The first-order valence-corrected chi connectivity index (χ1v) is 7.27. The maximum absolute atomic E-state index is 11.8. The molecule has 3 amide bonds. The summed E-state index contributed by atoms with van der Waals surface area (Å²) in [5, 5.41) is 13.7. The van der Waals surface area contributed by atoms with Crippen LogP contribution in [-0.2, 0) is 9.59 Å². The standard InChI is InChI=1S/C15H20N4O5/c1-8(2)5-11(15(23)24)19-12(20)7-18-14(22)10-4-3-9(6-17-10)13(16)21/h3-4,6,8,11H,5,7H2,1-2H3,(H2,16,21)(H,18,22)(H,19,20)(H,23,24)/t11-/m0/s1. The van der Waals surface area contributed by atoms with E-state index in [9.17, 15) is 19.2 Å². The van der Waals surface area contributed by atoms with Crippen molar-refractivity contribution < 1.29 is 24.3 Å². The van der Waals surface area contributed by atoms with Crippen molar-refractivity contribution >= 4 is 23.7 Å². The van der Waals surface area contributed by atoms with Gasteiger partial charge in [-0.1, -0.05) is 13.8 Å². The molecule has 1 heterocycles. The zero-order valence-corrected chi connectivity index (χ0v) is 13.4. The summed E-state index contributed by atoms with van der Waals surface area (Å²) < 4.78 is 0. The van der Waals surface area contributed by atoms with Gasteiger partial charge in [0, 0.05) is 6.20 Å². The summed E-state index contributed by atoms with van der Waals surface area (Å²) in [7, 11) is 0. The summed E-state index contributed by atoms with van der Waals surface area (Å²) >= 11 is 0. The van der Waals surface area contributed by atoms with Crippen molar-refractivity contribution in [1.82, 2.24) is 15.6 Å². The molecule has 0 aliphatic heterocycles. The summed E-state index contributed by atoms with van der Waals surface area (Å²) in [4.78, 5) is 49.3. The molecule has 0 aliphatic rings. The molecule has 5 N–H and O–H groups in total. The Balaban J connectivity index is 2.55. The minimum atomic E-state index is -1.13. The van der Waals surface area contributed by atoms with E-state index >= 15 is 0 Å². The predicted octanol–water partition coefficient (Wildman–Crippen LogP) is -0.474. The smallest absolute Gasteiger partial charge is 0.326 e. The lowest BCUT2D eigenvalue weighted by atomic mass is 10.0. The fourth-order valence-electron chi connectivity index (χ4n) is 1.86. The number of hydrogen-bond donors (Lipinski definition) is 4. The second-order valence-electron chi connectivity index (χ2n) is 5.57. The Bertz CT molecular complexity index is 627. The minimum absolute atomic E-state index is 0.00441. The Labute approximate surface area is 138 Å². The van der Waals surface area contributed by atoms with E-state index in [0.717, 1.165) is 6.20 Å². The number of carbonyl (C=O) groups is 4. The number of amides is 3. The number of nitrogens with zero attached hydrogens (tertiary/aromatic N) is 1. The average Bonchev–Trinajstić information content (AvgIpc) is 2.51. The Hall–Kier alpha value is -2.97. The molecule has 0 saturated carbocycles. The molecule has 0 fully saturated rings. The lowest BCUT2D eigenvalue weighted by Crippen LogP contribution is -2.46. The minimum Gasteiger partial charge on any atom is -0.480 e. The first-order valence-electron chi connectivity index (χ1n) is 7.27. The van der Waals surface area contributed by atoms with Gasteiger partial charge in [0.1, 0.15) is 11.7 Å². The molecule has 1 rings (SSSR count). The lowest BCUT2D eigenvalue weighted by Gasteiger charge is -2.16. The number of carboxylic acid groups (broad SMARTS) is 1. The van der Waals surface area contributed by atoms with Crippen LogP contribution in [0.3, 0.4) is 0 Å². The van der Waals surface area contributed by atoms with Gasteiger partial charge in [-0.15, -0.1) is 0 Å². The molecule has 0 spiro atoms. The molecule has 0 unspecified atom stereocenters. The first kappa shape index (κ1) is 19.1. The highest BCUT2D eigenvalue weighted by molar-refractivity contribution is 5.97. The number of primary amides is 1. The van der Waals surface area contributed by atoms with E-state index in [-0.39, 0.29) is 30.1 Å². The molecule has 0 radical (unpaired) electrons. The molecule has 24 heavy (non-hydrogen) atoms. The molecule has 1 atom stereocenters. The maximum atomic E-state index is 11.8. The number of rotatable bonds is 8. The van der Waals surface area contributed by atoms with Crippen LogP contribution in [0.1, 0.15) is 41.1 Å². The van der Waals surface area contributed by atoms with Gasteiger partial charge in [-0.25, -0.2) is 4.79 Å². The molecule has 9 nitrogen and oxygen atoms in total. The molecule has 0 bridgehead atoms. The fourth-order valence-corrected chi connectivity index (χ4v) is 1.86. The van der Waals surface area contributed by atoms with E-state index in [1.807, 2.05) is 13.8 Å². The van der Waals surface area contributed by atoms with Gasteiger partial charge in [0.15, 0.2) is 0 Å². The van der Waals surface area contributed by atoms with Crippen molar-refractivity contribution in [3.05, 3.63) is 29.6 Å². The molecule has 1 aromatic heterocycles. The lowest BCUT2D eigenvalue weighted by molar-refractivity contribution is -0.142. The van der Waals surface area contributed by atoms with Gasteiger partial charge in [-0.05, 0) is 24.5 Å². The van der Waals surface area contributed by atoms with Crippen molar-refractivity contribution in [2.24, 2.45) is 11.7 Å². The number of pyridine rings is 1. The van der Waals surface area contributed by atoms with E-state index in [1.54, 1.807) is 0 Å². The summed E-state index contributed by atoms with van der Waals surface area (Å²) in [6.07, 6.45) is 1.44. The van der Waals surface area contributed by atoms with Gasteiger partial charge in [0.2, 0.25) is 11.8 Å². The maximum Gasteiger partial charge on any atom is 0.326 e. The fraction of sp³-hybridized carbons (Fsp3) is 0.400. The monoisotopic (exact) mass is 336 g/mol. The summed E-state index contributed by atoms with van der Waals surface area (Å²) in [5.41, 5.74) is 5.22. The quantitative estimate of drug-likeness (QED) is 0.503. The first-order chi connectivity index (χ1) is 11.2. The molecule has 130 valence electrons. The van der Waals surface area contributed by atoms with E-state index in [4.69, 9.17) is 10.8 Å². The highest BCUT2D eigenvalue weighted by Crippen LogP contribution is 2.04. The molecule has 9 heteroatoms. The van der Waals surface area contributed by atoms with Crippen LogP contribution in [0.25, 0.3) is 0 Å². The molecule has 0 aromatic carbocycles. The number of aliphatic carboxylic acids is 1. The van der Waals surface area contributed by atoms with E-state index in [1.165, 1.54) is 12.1 Å². The summed E-state index contributed by atoms with van der Waals surface area (Å²) in [6, 6.07) is 1.63. The van der Waals surface area contributed by atoms with E-state index < -0.39 is 29.7 Å². The largest absolute Gasteiger partial charge is 0.480 e. The SMILES string of the molecule is CC(C)C[C@H](NC(=O)CNC(=O)c1ccc(C(N)=O)cn1)C(=O)O. The number of aromatic nitrogens is 1. The van der Waals surface area contributed by atoms with Crippen LogP contribution in [0, 0.1) is 5.92 Å². The average molecular weight is 336 g/mol. The van der Waals surface area contributed by atoms with Crippen LogP contribution in [0.4, 0.5) is 0 Å². The van der Waals surface area contributed by atoms with Crippen molar-refractivity contribution in [2.45, 2.75) is 26.3 Å². The van der Waals surface area contributed by atoms with Gasteiger partial charge in [-0.2, -0.15) is 0 Å². The topological polar surface area (TPSA) is 151 Å². The van der Waals surface area contributed by atoms with Crippen molar-refractivity contribution in [2.75, 3.05) is 6.54 Å².